The number of carboxylic acid groups (broad SMARTS) is 1. The van der Waals surface area contributed by atoms with Gasteiger partial charge in [0.05, 0.1) is 30.0 Å². The lowest BCUT2D eigenvalue weighted by Crippen LogP contribution is -2.51. The lowest BCUT2D eigenvalue weighted by molar-refractivity contribution is 0.0697. The number of rotatable bonds is 6. The number of sulfonamides is 1. The number of anilines is 1. The van der Waals surface area contributed by atoms with E-state index in [0.29, 0.717) is 0 Å². The SMILES string of the molecule is CC(CO)(CO)NS(=O)(=O)c1ccc(C(=O)O)cc1N. The average Bonchev–Trinajstić information content (AvgIpc) is 2.37. The fraction of sp³-hybridized carbons (Fsp3) is 0.364. The molecule has 0 saturated carbocycles. The van der Waals surface area contributed by atoms with Crippen molar-refractivity contribution in [2.75, 3.05) is 18.9 Å². The maximum atomic E-state index is 12.1. The second kappa shape index (κ2) is 5.75. The van der Waals surface area contributed by atoms with Crippen molar-refractivity contribution < 1.29 is 28.5 Å². The topological polar surface area (TPSA) is 150 Å². The van der Waals surface area contributed by atoms with Crippen molar-refractivity contribution >= 4 is 21.7 Å². The van der Waals surface area contributed by atoms with Gasteiger partial charge in [-0.05, 0) is 25.1 Å². The van der Waals surface area contributed by atoms with Gasteiger partial charge in [-0.2, -0.15) is 0 Å². The summed E-state index contributed by atoms with van der Waals surface area (Å²) in [5, 5.41) is 27.0. The lowest BCUT2D eigenvalue weighted by Gasteiger charge is -2.26. The summed E-state index contributed by atoms with van der Waals surface area (Å²) in [5.41, 5.74) is 3.71. The summed E-state index contributed by atoms with van der Waals surface area (Å²) in [4.78, 5) is 10.4. The normalized spacial score (nSPS) is 12.3. The molecule has 0 unspecified atom stereocenters. The Morgan fingerprint density at radius 1 is 1.35 bits per heavy atom. The Labute approximate surface area is 115 Å². The second-order valence-electron chi connectivity index (χ2n) is 4.54. The Bertz CT molecular complexity index is 609. The van der Waals surface area contributed by atoms with Crippen LogP contribution in [0.5, 0.6) is 0 Å². The van der Waals surface area contributed by atoms with E-state index < -0.39 is 34.7 Å². The minimum absolute atomic E-state index is 0.145. The molecular weight excluding hydrogens is 288 g/mol. The van der Waals surface area contributed by atoms with Crippen molar-refractivity contribution in [3.8, 4) is 0 Å². The number of nitrogens with one attached hydrogen (secondary N) is 1. The number of benzene rings is 1. The standard InChI is InChI=1S/C11H16N2O6S/c1-11(5-14,6-15)13-20(18,19)9-3-2-7(10(16)17)4-8(9)12/h2-4,13-15H,5-6,12H2,1H3,(H,16,17). The number of aromatic carboxylic acids is 1. The van der Waals surface area contributed by atoms with E-state index in [1.165, 1.54) is 6.92 Å². The molecule has 0 aliphatic carbocycles. The fourth-order valence-electron chi connectivity index (χ4n) is 1.42. The zero-order chi connectivity index (χ0) is 15.6. The zero-order valence-electron chi connectivity index (χ0n) is 10.7. The first kappa shape index (κ1) is 16.4. The van der Waals surface area contributed by atoms with Gasteiger partial charge in [0, 0.05) is 0 Å². The minimum Gasteiger partial charge on any atom is -0.478 e. The van der Waals surface area contributed by atoms with E-state index >= 15 is 0 Å². The molecular formula is C11H16N2O6S. The van der Waals surface area contributed by atoms with E-state index in [-0.39, 0.29) is 16.1 Å². The van der Waals surface area contributed by atoms with E-state index in [1.807, 2.05) is 0 Å². The number of hydrogen-bond donors (Lipinski definition) is 5. The molecule has 0 saturated heterocycles. The van der Waals surface area contributed by atoms with E-state index in [9.17, 15) is 13.2 Å². The van der Waals surface area contributed by atoms with Crippen LogP contribution in [0.2, 0.25) is 0 Å². The van der Waals surface area contributed by atoms with Crippen molar-refractivity contribution in [3.05, 3.63) is 23.8 Å². The predicted octanol–water partition coefficient (Wildman–Crippen LogP) is -1.01. The molecule has 0 atom stereocenters. The summed E-state index contributed by atoms with van der Waals surface area (Å²) >= 11 is 0. The molecule has 0 fully saturated rings. The smallest absolute Gasteiger partial charge is 0.335 e. The van der Waals surface area contributed by atoms with E-state index in [0.717, 1.165) is 18.2 Å². The van der Waals surface area contributed by atoms with Crippen LogP contribution in [0.1, 0.15) is 17.3 Å². The molecule has 0 bridgehead atoms. The van der Waals surface area contributed by atoms with Gasteiger partial charge in [0.25, 0.3) is 0 Å². The second-order valence-corrected chi connectivity index (χ2v) is 6.19. The van der Waals surface area contributed by atoms with Crippen molar-refractivity contribution in [2.45, 2.75) is 17.4 Å². The largest absolute Gasteiger partial charge is 0.478 e. The molecule has 9 heteroatoms. The third-order valence-electron chi connectivity index (χ3n) is 2.62. The molecule has 0 heterocycles. The monoisotopic (exact) mass is 304 g/mol. The van der Waals surface area contributed by atoms with Gasteiger partial charge in [-0.1, -0.05) is 0 Å². The maximum Gasteiger partial charge on any atom is 0.335 e. The van der Waals surface area contributed by atoms with Gasteiger partial charge in [0.1, 0.15) is 4.90 Å². The van der Waals surface area contributed by atoms with Crippen LogP contribution in [0, 0.1) is 0 Å². The predicted molar refractivity (Wildman–Crippen MR) is 70.7 cm³/mol. The quantitative estimate of drug-likeness (QED) is 0.422. The van der Waals surface area contributed by atoms with Crippen LogP contribution in [-0.4, -0.2) is 48.5 Å². The molecule has 1 aromatic rings. The summed E-state index contributed by atoms with van der Waals surface area (Å²) in [6.07, 6.45) is 0. The third-order valence-corrected chi connectivity index (χ3v) is 4.34. The number of aliphatic hydroxyl groups is 2. The first-order valence-corrected chi connectivity index (χ1v) is 7.02. The summed E-state index contributed by atoms with van der Waals surface area (Å²) < 4.78 is 26.3. The summed E-state index contributed by atoms with van der Waals surface area (Å²) in [6, 6.07) is 3.17. The number of carboxylic acids is 1. The van der Waals surface area contributed by atoms with Crippen molar-refractivity contribution in [1.29, 1.82) is 0 Å². The van der Waals surface area contributed by atoms with Gasteiger partial charge in [0.15, 0.2) is 0 Å². The molecule has 8 nitrogen and oxygen atoms in total. The van der Waals surface area contributed by atoms with E-state index in [4.69, 9.17) is 21.1 Å². The third kappa shape index (κ3) is 3.45. The zero-order valence-corrected chi connectivity index (χ0v) is 11.5. The summed E-state index contributed by atoms with van der Waals surface area (Å²) in [7, 11) is -4.10. The highest BCUT2D eigenvalue weighted by Crippen LogP contribution is 2.21. The first-order chi connectivity index (χ1) is 9.15. The van der Waals surface area contributed by atoms with Crippen LogP contribution in [0.25, 0.3) is 0 Å². The highest BCUT2D eigenvalue weighted by atomic mass is 32.2. The van der Waals surface area contributed by atoms with Gasteiger partial charge in [-0.25, -0.2) is 17.9 Å². The molecule has 0 amide bonds. The first-order valence-electron chi connectivity index (χ1n) is 5.54. The number of hydrogen-bond acceptors (Lipinski definition) is 6. The van der Waals surface area contributed by atoms with Crippen molar-refractivity contribution in [3.63, 3.8) is 0 Å². The minimum atomic E-state index is -4.10. The Morgan fingerprint density at radius 3 is 2.30 bits per heavy atom. The average molecular weight is 304 g/mol. The van der Waals surface area contributed by atoms with Crippen LogP contribution < -0.4 is 10.5 Å². The molecule has 112 valence electrons. The van der Waals surface area contributed by atoms with Crippen LogP contribution in [-0.2, 0) is 10.0 Å². The molecule has 0 aliphatic heterocycles. The van der Waals surface area contributed by atoms with Gasteiger partial charge in [0.2, 0.25) is 10.0 Å². The van der Waals surface area contributed by atoms with Gasteiger partial charge in [-0.15, -0.1) is 0 Å². The van der Waals surface area contributed by atoms with Crippen LogP contribution in [0.3, 0.4) is 0 Å². The van der Waals surface area contributed by atoms with Crippen molar-refractivity contribution in [1.82, 2.24) is 4.72 Å². The molecule has 20 heavy (non-hydrogen) atoms. The molecule has 0 radical (unpaired) electrons. The van der Waals surface area contributed by atoms with Gasteiger partial charge < -0.3 is 21.1 Å². The molecule has 0 aliphatic rings. The van der Waals surface area contributed by atoms with Crippen LogP contribution in [0.15, 0.2) is 23.1 Å². The molecule has 0 spiro atoms. The molecule has 0 aromatic heterocycles. The van der Waals surface area contributed by atoms with Gasteiger partial charge >= 0.3 is 5.97 Å². The number of nitrogens with two attached hydrogens (primary N) is 1. The molecule has 1 aromatic carbocycles. The Morgan fingerprint density at radius 2 is 1.90 bits per heavy atom. The molecule has 6 N–H and O–H groups in total. The summed E-state index contributed by atoms with van der Waals surface area (Å²) in [6.45, 7) is 0.0814. The highest BCUT2D eigenvalue weighted by Gasteiger charge is 2.30. The lowest BCUT2D eigenvalue weighted by atomic mass is 10.1. The number of carbonyl (C=O) groups is 1. The number of aliphatic hydroxyl groups excluding tert-OH is 2. The number of nitrogen functional groups attached to an aromatic ring is 1. The Hall–Kier alpha value is -1.68. The van der Waals surface area contributed by atoms with Crippen LogP contribution >= 0.6 is 0 Å². The van der Waals surface area contributed by atoms with Crippen LogP contribution in [0.4, 0.5) is 5.69 Å². The Kier molecular flexibility index (Phi) is 4.71. The summed E-state index contributed by atoms with van der Waals surface area (Å²) in [5.74, 6) is -1.23. The van der Waals surface area contributed by atoms with Gasteiger partial charge in [-0.3, -0.25) is 0 Å². The fourth-order valence-corrected chi connectivity index (χ4v) is 2.92. The highest BCUT2D eigenvalue weighted by molar-refractivity contribution is 7.89. The Balaban J connectivity index is 3.20. The maximum absolute atomic E-state index is 12.1. The van der Waals surface area contributed by atoms with Crippen molar-refractivity contribution in [2.24, 2.45) is 0 Å². The van der Waals surface area contributed by atoms with E-state index in [2.05, 4.69) is 4.72 Å². The van der Waals surface area contributed by atoms with E-state index in [1.54, 1.807) is 0 Å². The molecule has 1 rings (SSSR count).